The number of nitrogens with zero attached hydrogens (tertiary/aromatic N) is 1. The molecule has 0 fully saturated rings. The Morgan fingerprint density at radius 2 is 1.94 bits per heavy atom. The van der Waals surface area contributed by atoms with Crippen LogP contribution in [0, 0.1) is 13.8 Å². The van der Waals surface area contributed by atoms with Crippen molar-refractivity contribution in [3.8, 4) is 11.1 Å². The van der Waals surface area contributed by atoms with Gasteiger partial charge in [-0.2, -0.15) is 0 Å². The van der Waals surface area contributed by atoms with Gasteiger partial charge in [0.25, 0.3) is 0 Å². The lowest BCUT2D eigenvalue weighted by Gasteiger charge is -2.08. The van der Waals surface area contributed by atoms with E-state index >= 15 is 0 Å². The molecular weight excluding hydrogens is 208 g/mol. The Bertz CT molecular complexity index is 501. The van der Waals surface area contributed by atoms with Crippen molar-refractivity contribution in [2.75, 3.05) is 7.05 Å². The van der Waals surface area contributed by atoms with Crippen molar-refractivity contribution in [2.45, 2.75) is 20.4 Å². The summed E-state index contributed by atoms with van der Waals surface area (Å²) >= 11 is 0. The van der Waals surface area contributed by atoms with E-state index in [1.54, 1.807) is 0 Å². The topological polar surface area (TPSA) is 24.9 Å². The number of rotatable bonds is 3. The Morgan fingerprint density at radius 3 is 2.59 bits per heavy atom. The van der Waals surface area contributed by atoms with Gasteiger partial charge in [0.15, 0.2) is 0 Å². The van der Waals surface area contributed by atoms with Gasteiger partial charge in [0.05, 0.1) is 5.69 Å². The maximum absolute atomic E-state index is 4.45. The molecule has 17 heavy (non-hydrogen) atoms. The molecule has 88 valence electrons. The summed E-state index contributed by atoms with van der Waals surface area (Å²) in [5.41, 5.74) is 6.10. The summed E-state index contributed by atoms with van der Waals surface area (Å²) in [6.07, 6.45) is 1.95. The van der Waals surface area contributed by atoms with Crippen LogP contribution in [-0.2, 0) is 6.54 Å². The average Bonchev–Trinajstić information content (AvgIpc) is 2.34. The molecule has 1 aromatic heterocycles. The highest BCUT2D eigenvalue weighted by Crippen LogP contribution is 2.23. The Labute approximate surface area is 103 Å². The predicted octanol–water partition coefficient (Wildman–Crippen LogP) is 3.08. The summed E-state index contributed by atoms with van der Waals surface area (Å²) in [5.74, 6) is 0. The fourth-order valence-electron chi connectivity index (χ4n) is 1.92. The lowest BCUT2D eigenvalue weighted by Crippen LogP contribution is -2.06. The van der Waals surface area contributed by atoms with E-state index in [-0.39, 0.29) is 0 Å². The van der Waals surface area contributed by atoms with Gasteiger partial charge in [-0.05, 0) is 38.1 Å². The van der Waals surface area contributed by atoms with Crippen molar-refractivity contribution in [2.24, 2.45) is 0 Å². The molecule has 0 saturated carbocycles. The minimum atomic E-state index is 0.813. The van der Waals surface area contributed by atoms with E-state index in [2.05, 4.69) is 54.5 Å². The van der Waals surface area contributed by atoms with Crippen LogP contribution in [-0.4, -0.2) is 12.0 Å². The molecule has 0 bridgehead atoms. The van der Waals surface area contributed by atoms with E-state index in [1.807, 2.05) is 13.2 Å². The van der Waals surface area contributed by atoms with E-state index in [4.69, 9.17) is 0 Å². The zero-order valence-corrected chi connectivity index (χ0v) is 10.6. The van der Waals surface area contributed by atoms with Gasteiger partial charge in [-0.1, -0.05) is 29.8 Å². The van der Waals surface area contributed by atoms with E-state index in [9.17, 15) is 0 Å². The van der Waals surface area contributed by atoms with Gasteiger partial charge in [-0.3, -0.25) is 4.98 Å². The van der Waals surface area contributed by atoms with Crippen LogP contribution < -0.4 is 5.32 Å². The normalized spacial score (nSPS) is 10.5. The Hall–Kier alpha value is -1.67. The highest BCUT2D eigenvalue weighted by atomic mass is 14.8. The largest absolute Gasteiger partial charge is 0.314 e. The van der Waals surface area contributed by atoms with Gasteiger partial charge >= 0.3 is 0 Å². The molecular formula is C15H18N2. The standard InChI is InChI=1S/C15H18N2/c1-11-4-5-12(2)15(8-11)13-6-7-14(10-16-3)17-9-13/h4-9,16H,10H2,1-3H3. The number of pyridine rings is 1. The molecule has 1 heterocycles. The van der Waals surface area contributed by atoms with Crippen LogP contribution in [0.25, 0.3) is 11.1 Å². The zero-order valence-electron chi connectivity index (χ0n) is 10.6. The highest BCUT2D eigenvalue weighted by Gasteiger charge is 2.02. The van der Waals surface area contributed by atoms with E-state index in [0.29, 0.717) is 0 Å². The Morgan fingerprint density at radius 1 is 1.12 bits per heavy atom. The maximum atomic E-state index is 4.45. The second-order valence-electron chi connectivity index (χ2n) is 4.39. The smallest absolute Gasteiger partial charge is 0.0542 e. The van der Waals surface area contributed by atoms with Crippen molar-refractivity contribution >= 4 is 0 Å². The van der Waals surface area contributed by atoms with Gasteiger partial charge in [0, 0.05) is 18.3 Å². The second kappa shape index (κ2) is 5.11. The highest BCUT2D eigenvalue weighted by molar-refractivity contribution is 5.67. The summed E-state index contributed by atoms with van der Waals surface area (Å²) < 4.78 is 0. The van der Waals surface area contributed by atoms with Gasteiger partial charge < -0.3 is 5.32 Å². The molecule has 0 spiro atoms. The summed E-state index contributed by atoms with van der Waals surface area (Å²) in [6, 6.07) is 10.7. The number of benzene rings is 1. The van der Waals surface area contributed by atoms with Crippen LogP contribution in [0.5, 0.6) is 0 Å². The number of aryl methyl sites for hydroxylation is 2. The molecule has 0 aliphatic carbocycles. The van der Waals surface area contributed by atoms with Gasteiger partial charge in [-0.25, -0.2) is 0 Å². The first-order valence-electron chi connectivity index (χ1n) is 5.88. The third-order valence-corrected chi connectivity index (χ3v) is 2.89. The molecule has 2 aromatic rings. The number of aromatic nitrogens is 1. The van der Waals surface area contributed by atoms with Crippen LogP contribution in [0.4, 0.5) is 0 Å². The minimum Gasteiger partial charge on any atom is -0.314 e. The van der Waals surface area contributed by atoms with Gasteiger partial charge in [0.2, 0.25) is 0 Å². The Balaban J connectivity index is 2.36. The molecule has 0 aliphatic heterocycles. The molecule has 0 aliphatic rings. The minimum absolute atomic E-state index is 0.813. The number of nitrogens with one attached hydrogen (secondary N) is 1. The molecule has 2 heteroatoms. The van der Waals surface area contributed by atoms with Gasteiger partial charge in [-0.15, -0.1) is 0 Å². The van der Waals surface area contributed by atoms with Gasteiger partial charge in [0.1, 0.15) is 0 Å². The SMILES string of the molecule is CNCc1ccc(-c2cc(C)ccc2C)cn1. The van der Waals surface area contributed by atoms with Crippen LogP contribution in [0.15, 0.2) is 36.5 Å². The Kier molecular flexibility index (Phi) is 3.55. The van der Waals surface area contributed by atoms with E-state index in [0.717, 1.165) is 12.2 Å². The van der Waals surface area contributed by atoms with Crippen LogP contribution >= 0.6 is 0 Å². The zero-order chi connectivity index (χ0) is 12.3. The third kappa shape index (κ3) is 2.71. The number of hydrogen-bond acceptors (Lipinski definition) is 2. The van der Waals surface area contributed by atoms with Crippen molar-refractivity contribution < 1.29 is 0 Å². The quantitative estimate of drug-likeness (QED) is 0.870. The molecule has 0 radical (unpaired) electrons. The monoisotopic (exact) mass is 226 g/mol. The molecule has 1 N–H and O–H groups in total. The fraction of sp³-hybridized carbons (Fsp3) is 0.267. The maximum Gasteiger partial charge on any atom is 0.0542 e. The van der Waals surface area contributed by atoms with Crippen molar-refractivity contribution in [3.63, 3.8) is 0 Å². The van der Waals surface area contributed by atoms with E-state index in [1.165, 1.54) is 22.3 Å². The predicted molar refractivity (Wildman–Crippen MR) is 71.9 cm³/mol. The molecule has 0 atom stereocenters. The third-order valence-electron chi connectivity index (χ3n) is 2.89. The molecule has 1 aromatic carbocycles. The lowest BCUT2D eigenvalue weighted by atomic mass is 10.00. The first-order chi connectivity index (χ1) is 8.20. The summed E-state index contributed by atoms with van der Waals surface area (Å²) in [7, 11) is 1.93. The lowest BCUT2D eigenvalue weighted by molar-refractivity contribution is 0.791. The second-order valence-corrected chi connectivity index (χ2v) is 4.39. The van der Waals surface area contributed by atoms with Crippen molar-refractivity contribution in [3.05, 3.63) is 53.3 Å². The molecule has 2 rings (SSSR count). The fourth-order valence-corrected chi connectivity index (χ4v) is 1.92. The first kappa shape index (κ1) is 11.8. The number of hydrogen-bond donors (Lipinski definition) is 1. The molecule has 2 nitrogen and oxygen atoms in total. The first-order valence-corrected chi connectivity index (χ1v) is 5.88. The summed E-state index contributed by atoms with van der Waals surface area (Å²) in [4.78, 5) is 4.45. The van der Waals surface area contributed by atoms with Crippen molar-refractivity contribution in [1.82, 2.24) is 10.3 Å². The van der Waals surface area contributed by atoms with Crippen LogP contribution in [0.3, 0.4) is 0 Å². The average molecular weight is 226 g/mol. The molecule has 0 unspecified atom stereocenters. The summed E-state index contributed by atoms with van der Waals surface area (Å²) in [6.45, 7) is 5.06. The van der Waals surface area contributed by atoms with Crippen LogP contribution in [0.2, 0.25) is 0 Å². The van der Waals surface area contributed by atoms with Crippen LogP contribution in [0.1, 0.15) is 16.8 Å². The molecule has 0 amide bonds. The van der Waals surface area contributed by atoms with E-state index < -0.39 is 0 Å². The summed E-state index contributed by atoms with van der Waals surface area (Å²) in [5, 5.41) is 3.10. The van der Waals surface area contributed by atoms with Crippen molar-refractivity contribution in [1.29, 1.82) is 0 Å². The molecule has 0 saturated heterocycles.